The molecule has 1 fully saturated rings. The number of nitrogens with zero attached hydrogens (tertiary/aromatic N) is 4. The minimum absolute atomic E-state index is 0.0969. The van der Waals surface area contributed by atoms with Gasteiger partial charge in [0.05, 0.1) is 18.2 Å². The quantitative estimate of drug-likeness (QED) is 0.852. The van der Waals surface area contributed by atoms with Crippen LogP contribution in [0.25, 0.3) is 0 Å². The van der Waals surface area contributed by atoms with Crippen LogP contribution >= 0.6 is 0 Å². The molecule has 1 N–H and O–H groups in total. The molecule has 8 nitrogen and oxygen atoms in total. The Morgan fingerprint density at radius 3 is 2.76 bits per heavy atom. The third-order valence-corrected chi connectivity index (χ3v) is 5.40. The lowest BCUT2D eigenvalue weighted by atomic mass is 10.1. The van der Waals surface area contributed by atoms with Gasteiger partial charge in [-0.05, 0) is 26.7 Å². The van der Waals surface area contributed by atoms with Crippen LogP contribution in [0.4, 0.5) is 0 Å². The van der Waals surface area contributed by atoms with Crippen LogP contribution in [-0.4, -0.2) is 52.8 Å². The summed E-state index contributed by atoms with van der Waals surface area (Å²) in [6, 6.07) is -0.306. The molecule has 0 amide bonds. The highest BCUT2D eigenvalue weighted by molar-refractivity contribution is 7.87. The molecule has 0 saturated carbocycles. The molecule has 9 heteroatoms. The zero-order chi connectivity index (χ0) is 15.0. The van der Waals surface area contributed by atoms with Gasteiger partial charge in [0, 0.05) is 19.6 Å². The van der Waals surface area contributed by atoms with Gasteiger partial charge in [-0.2, -0.15) is 22.5 Å². The monoisotopic (exact) mass is 315 g/mol. The lowest BCUT2D eigenvalue weighted by molar-refractivity contribution is -0.0445. The van der Waals surface area contributed by atoms with Gasteiger partial charge in [-0.3, -0.25) is 0 Å². The number of morpholine rings is 1. The van der Waals surface area contributed by atoms with Gasteiger partial charge >= 0.3 is 0 Å². The van der Waals surface area contributed by atoms with Crippen LogP contribution < -0.4 is 4.72 Å². The maximum Gasteiger partial charge on any atom is 0.280 e. The molecule has 0 spiro atoms. The van der Waals surface area contributed by atoms with Gasteiger partial charge in [0.1, 0.15) is 12.2 Å². The van der Waals surface area contributed by atoms with E-state index in [0.717, 1.165) is 19.4 Å². The van der Waals surface area contributed by atoms with E-state index in [1.54, 1.807) is 4.68 Å². The van der Waals surface area contributed by atoms with Crippen molar-refractivity contribution in [3.63, 3.8) is 0 Å². The molecule has 0 bridgehead atoms. The zero-order valence-electron chi connectivity index (χ0n) is 12.3. The number of hydrogen-bond donors (Lipinski definition) is 1. The molecular weight excluding hydrogens is 294 g/mol. The number of ether oxygens (including phenoxy) is 1. The number of aryl methyl sites for hydroxylation is 1. The van der Waals surface area contributed by atoms with E-state index in [-0.39, 0.29) is 18.2 Å². The van der Waals surface area contributed by atoms with Crippen LogP contribution in [0.5, 0.6) is 0 Å². The second kappa shape index (κ2) is 5.64. The first-order valence-electron chi connectivity index (χ1n) is 7.26. The standard InChI is InChI=1S/C12H21N5O3S/c1-9-6-16(7-10(2)20-9)21(18,19)15-11-4-3-5-17-12(11)13-8-14-17/h8-11,15H,3-7H2,1-2H3. The Hall–Kier alpha value is -1.03. The van der Waals surface area contributed by atoms with Gasteiger partial charge in [-0.1, -0.05) is 0 Å². The summed E-state index contributed by atoms with van der Waals surface area (Å²) in [6.45, 7) is 5.31. The average molecular weight is 315 g/mol. The topological polar surface area (TPSA) is 89.4 Å². The molecule has 1 aromatic rings. The highest BCUT2D eigenvalue weighted by Gasteiger charge is 2.34. The maximum atomic E-state index is 12.6. The minimum atomic E-state index is -3.55. The van der Waals surface area contributed by atoms with Crippen molar-refractivity contribution in [2.24, 2.45) is 0 Å². The predicted molar refractivity (Wildman–Crippen MR) is 75.6 cm³/mol. The summed E-state index contributed by atoms with van der Waals surface area (Å²) in [5, 5.41) is 4.11. The van der Waals surface area contributed by atoms with E-state index in [1.807, 2.05) is 13.8 Å². The van der Waals surface area contributed by atoms with Crippen molar-refractivity contribution in [2.45, 2.75) is 51.5 Å². The predicted octanol–water partition coefficient (Wildman–Crippen LogP) is 0.0566. The fourth-order valence-corrected chi connectivity index (χ4v) is 4.53. The van der Waals surface area contributed by atoms with Crippen molar-refractivity contribution in [3.05, 3.63) is 12.2 Å². The van der Waals surface area contributed by atoms with Crippen molar-refractivity contribution >= 4 is 10.2 Å². The van der Waals surface area contributed by atoms with Gasteiger partial charge in [-0.25, -0.2) is 9.67 Å². The number of hydrogen-bond acceptors (Lipinski definition) is 5. The SMILES string of the molecule is CC1CN(S(=O)(=O)NC2CCCn3ncnc32)CC(C)O1. The summed E-state index contributed by atoms with van der Waals surface area (Å²) in [5.74, 6) is 0.694. The smallest absolute Gasteiger partial charge is 0.280 e. The summed E-state index contributed by atoms with van der Waals surface area (Å²) in [6.07, 6.45) is 2.91. The summed E-state index contributed by atoms with van der Waals surface area (Å²) >= 11 is 0. The largest absolute Gasteiger partial charge is 0.373 e. The Morgan fingerprint density at radius 2 is 2.05 bits per heavy atom. The number of aromatic nitrogens is 3. The summed E-state index contributed by atoms with van der Waals surface area (Å²) in [7, 11) is -3.55. The van der Waals surface area contributed by atoms with Crippen LogP contribution in [0, 0.1) is 0 Å². The van der Waals surface area contributed by atoms with Crippen molar-refractivity contribution in [2.75, 3.05) is 13.1 Å². The molecule has 3 unspecified atom stereocenters. The molecule has 118 valence electrons. The van der Waals surface area contributed by atoms with Crippen molar-refractivity contribution in [3.8, 4) is 0 Å². The van der Waals surface area contributed by atoms with Crippen LogP contribution in [0.1, 0.15) is 38.6 Å². The van der Waals surface area contributed by atoms with Crippen LogP contribution in [0.2, 0.25) is 0 Å². The molecule has 3 rings (SSSR count). The second-order valence-corrected chi connectivity index (χ2v) is 7.44. The van der Waals surface area contributed by atoms with Crippen LogP contribution in [0.3, 0.4) is 0 Å². The van der Waals surface area contributed by atoms with Crippen molar-refractivity contribution < 1.29 is 13.2 Å². The van der Waals surface area contributed by atoms with Crippen LogP contribution in [0.15, 0.2) is 6.33 Å². The molecule has 3 atom stereocenters. The van der Waals surface area contributed by atoms with E-state index in [9.17, 15) is 8.42 Å². The maximum absolute atomic E-state index is 12.6. The lowest BCUT2D eigenvalue weighted by Gasteiger charge is -2.35. The second-order valence-electron chi connectivity index (χ2n) is 5.73. The Balaban J connectivity index is 1.75. The first-order chi connectivity index (χ1) is 9.95. The normalized spacial score (nSPS) is 31.0. The van der Waals surface area contributed by atoms with Gasteiger partial charge < -0.3 is 4.74 Å². The van der Waals surface area contributed by atoms with E-state index in [4.69, 9.17) is 4.74 Å². The Morgan fingerprint density at radius 1 is 1.33 bits per heavy atom. The Bertz CT molecular complexity index is 592. The van der Waals surface area contributed by atoms with E-state index in [0.29, 0.717) is 18.9 Å². The Kier molecular flexibility index (Phi) is 4.00. The van der Waals surface area contributed by atoms with Crippen molar-refractivity contribution in [1.29, 1.82) is 0 Å². The molecule has 2 aliphatic heterocycles. The number of rotatable bonds is 3. The van der Waals surface area contributed by atoms with Gasteiger partial charge in [0.2, 0.25) is 0 Å². The highest BCUT2D eigenvalue weighted by atomic mass is 32.2. The third-order valence-electron chi connectivity index (χ3n) is 3.84. The van der Waals surface area contributed by atoms with Crippen LogP contribution in [-0.2, 0) is 21.5 Å². The number of nitrogens with one attached hydrogen (secondary N) is 1. The summed E-state index contributed by atoms with van der Waals surface area (Å²) in [4.78, 5) is 4.18. The molecule has 21 heavy (non-hydrogen) atoms. The fraction of sp³-hybridized carbons (Fsp3) is 0.833. The zero-order valence-corrected chi connectivity index (χ0v) is 13.1. The van der Waals surface area contributed by atoms with E-state index >= 15 is 0 Å². The summed E-state index contributed by atoms with van der Waals surface area (Å²) < 4.78 is 36.7. The first kappa shape index (κ1) is 14.9. The highest BCUT2D eigenvalue weighted by Crippen LogP contribution is 2.24. The number of fused-ring (bicyclic) bond motifs is 1. The van der Waals surface area contributed by atoms with Crippen molar-refractivity contribution in [1.82, 2.24) is 23.8 Å². The van der Waals surface area contributed by atoms with E-state index in [1.165, 1.54) is 10.6 Å². The molecule has 0 radical (unpaired) electrons. The molecule has 0 aromatic carbocycles. The van der Waals surface area contributed by atoms with Gasteiger partial charge in [-0.15, -0.1) is 0 Å². The third kappa shape index (κ3) is 3.10. The molecule has 3 heterocycles. The molecule has 2 aliphatic rings. The molecule has 0 aliphatic carbocycles. The fourth-order valence-electron chi connectivity index (χ4n) is 2.98. The first-order valence-corrected chi connectivity index (χ1v) is 8.70. The van der Waals surface area contributed by atoms with E-state index in [2.05, 4.69) is 14.8 Å². The Labute approximate surface area is 124 Å². The molecular formula is C12H21N5O3S. The van der Waals surface area contributed by atoms with E-state index < -0.39 is 10.2 Å². The molecule has 1 saturated heterocycles. The molecule has 1 aromatic heterocycles. The van der Waals surface area contributed by atoms with Gasteiger partial charge in [0.25, 0.3) is 10.2 Å². The minimum Gasteiger partial charge on any atom is -0.373 e. The van der Waals surface area contributed by atoms with Gasteiger partial charge in [0.15, 0.2) is 0 Å². The average Bonchev–Trinajstić information content (AvgIpc) is 2.86. The lowest BCUT2D eigenvalue weighted by Crippen LogP contribution is -2.52. The summed E-state index contributed by atoms with van der Waals surface area (Å²) in [5.41, 5.74) is 0.